The van der Waals surface area contributed by atoms with Crippen LogP contribution >= 0.6 is 0 Å². The zero-order valence-electron chi connectivity index (χ0n) is 11.1. The summed E-state index contributed by atoms with van der Waals surface area (Å²) in [6, 6.07) is 5.46. The van der Waals surface area contributed by atoms with Gasteiger partial charge < -0.3 is 10.2 Å². The molecule has 0 bridgehead atoms. The molecule has 2 rings (SSSR count). The molecule has 0 saturated heterocycles. The lowest BCUT2D eigenvalue weighted by atomic mass is 10.1. The van der Waals surface area contributed by atoms with E-state index in [1.807, 2.05) is 13.2 Å². The highest BCUT2D eigenvalue weighted by atomic mass is 15.2. The Labute approximate surface area is 104 Å². The van der Waals surface area contributed by atoms with E-state index in [1.54, 1.807) is 0 Å². The minimum Gasteiger partial charge on any atom is -0.354 e. The van der Waals surface area contributed by atoms with Crippen LogP contribution in [0.2, 0.25) is 0 Å². The topological polar surface area (TPSA) is 28.2 Å². The molecule has 17 heavy (non-hydrogen) atoms. The molecule has 0 radical (unpaired) electrons. The molecular formula is C14H23N3. The van der Waals surface area contributed by atoms with Crippen molar-refractivity contribution in [1.29, 1.82) is 0 Å². The van der Waals surface area contributed by atoms with E-state index >= 15 is 0 Å². The van der Waals surface area contributed by atoms with E-state index in [-0.39, 0.29) is 0 Å². The van der Waals surface area contributed by atoms with Crippen LogP contribution in [0.5, 0.6) is 0 Å². The summed E-state index contributed by atoms with van der Waals surface area (Å²) >= 11 is 0. The van der Waals surface area contributed by atoms with Gasteiger partial charge >= 0.3 is 0 Å². The summed E-state index contributed by atoms with van der Waals surface area (Å²) in [7, 11) is 2.00. The monoisotopic (exact) mass is 233 g/mol. The maximum atomic E-state index is 4.53. The molecule has 1 atom stereocenters. The summed E-state index contributed by atoms with van der Waals surface area (Å²) in [5, 5.41) is 3.28. The standard InChI is InChI=1S/C14H23N3/c1-4-9-17(13-5-6-13)14-10-12(7-8-16-14)11(2)15-3/h7-8,10-11,13,15H,4-6,9H2,1-3H3. The lowest BCUT2D eigenvalue weighted by Crippen LogP contribution is -2.27. The number of aromatic nitrogens is 1. The maximum Gasteiger partial charge on any atom is 0.129 e. The molecule has 1 N–H and O–H groups in total. The van der Waals surface area contributed by atoms with Gasteiger partial charge in [-0.2, -0.15) is 0 Å². The fraction of sp³-hybridized carbons (Fsp3) is 0.643. The molecule has 1 aromatic heterocycles. The fourth-order valence-corrected chi connectivity index (χ4v) is 2.14. The summed E-state index contributed by atoms with van der Waals surface area (Å²) < 4.78 is 0. The molecule has 1 heterocycles. The zero-order chi connectivity index (χ0) is 12.3. The third kappa shape index (κ3) is 2.97. The highest BCUT2D eigenvalue weighted by Gasteiger charge is 2.29. The highest BCUT2D eigenvalue weighted by Crippen LogP contribution is 2.31. The number of anilines is 1. The second-order valence-electron chi connectivity index (χ2n) is 4.88. The zero-order valence-corrected chi connectivity index (χ0v) is 11.1. The fourth-order valence-electron chi connectivity index (χ4n) is 2.14. The van der Waals surface area contributed by atoms with Crippen molar-refractivity contribution in [2.75, 3.05) is 18.5 Å². The van der Waals surface area contributed by atoms with E-state index in [9.17, 15) is 0 Å². The number of hydrogen-bond acceptors (Lipinski definition) is 3. The van der Waals surface area contributed by atoms with Crippen molar-refractivity contribution in [3.05, 3.63) is 23.9 Å². The van der Waals surface area contributed by atoms with Crippen LogP contribution in [0.1, 0.15) is 44.7 Å². The molecule has 1 saturated carbocycles. The average Bonchev–Trinajstić information content (AvgIpc) is 3.19. The molecule has 94 valence electrons. The number of nitrogens with zero attached hydrogens (tertiary/aromatic N) is 2. The Bertz CT molecular complexity index is 360. The Morgan fingerprint density at radius 3 is 2.88 bits per heavy atom. The smallest absolute Gasteiger partial charge is 0.129 e. The number of nitrogens with one attached hydrogen (secondary N) is 1. The molecular weight excluding hydrogens is 210 g/mol. The van der Waals surface area contributed by atoms with Crippen molar-refractivity contribution < 1.29 is 0 Å². The minimum absolute atomic E-state index is 0.388. The number of pyridine rings is 1. The third-order valence-corrected chi connectivity index (χ3v) is 3.45. The van der Waals surface area contributed by atoms with Crippen LogP contribution in [0.25, 0.3) is 0 Å². The van der Waals surface area contributed by atoms with Crippen molar-refractivity contribution in [2.24, 2.45) is 0 Å². The molecule has 1 unspecified atom stereocenters. The van der Waals surface area contributed by atoms with Gasteiger partial charge in [-0.05, 0) is 50.9 Å². The van der Waals surface area contributed by atoms with Gasteiger partial charge in [0.25, 0.3) is 0 Å². The number of rotatable bonds is 6. The number of hydrogen-bond donors (Lipinski definition) is 1. The lowest BCUT2D eigenvalue weighted by molar-refractivity contribution is 0.649. The molecule has 0 amide bonds. The van der Waals surface area contributed by atoms with Gasteiger partial charge in [0, 0.05) is 24.8 Å². The Morgan fingerprint density at radius 2 is 2.29 bits per heavy atom. The van der Waals surface area contributed by atoms with Crippen molar-refractivity contribution in [1.82, 2.24) is 10.3 Å². The third-order valence-electron chi connectivity index (χ3n) is 3.45. The molecule has 1 aliphatic rings. The molecule has 1 fully saturated rings. The van der Waals surface area contributed by atoms with Crippen LogP contribution in [0, 0.1) is 0 Å². The first-order chi connectivity index (χ1) is 8.26. The van der Waals surface area contributed by atoms with Crippen molar-refractivity contribution in [3.63, 3.8) is 0 Å². The van der Waals surface area contributed by atoms with Crippen LogP contribution < -0.4 is 10.2 Å². The van der Waals surface area contributed by atoms with Gasteiger partial charge in [0.2, 0.25) is 0 Å². The molecule has 3 nitrogen and oxygen atoms in total. The molecule has 0 aliphatic heterocycles. The first-order valence-corrected chi connectivity index (χ1v) is 6.66. The molecule has 1 aliphatic carbocycles. The van der Waals surface area contributed by atoms with Crippen LogP contribution in [-0.2, 0) is 0 Å². The van der Waals surface area contributed by atoms with Crippen LogP contribution in [0.15, 0.2) is 18.3 Å². The van der Waals surface area contributed by atoms with E-state index in [2.05, 4.69) is 41.2 Å². The minimum atomic E-state index is 0.388. The van der Waals surface area contributed by atoms with Gasteiger partial charge in [-0.3, -0.25) is 0 Å². The van der Waals surface area contributed by atoms with Gasteiger partial charge in [0.05, 0.1) is 0 Å². The first kappa shape index (κ1) is 12.4. The Hall–Kier alpha value is -1.09. The highest BCUT2D eigenvalue weighted by molar-refractivity contribution is 5.44. The van der Waals surface area contributed by atoms with Crippen molar-refractivity contribution in [2.45, 2.75) is 45.2 Å². The van der Waals surface area contributed by atoms with Gasteiger partial charge in [-0.15, -0.1) is 0 Å². The molecule has 1 aromatic rings. The second kappa shape index (κ2) is 5.50. The van der Waals surface area contributed by atoms with Crippen LogP contribution in [0.3, 0.4) is 0 Å². The van der Waals surface area contributed by atoms with Crippen LogP contribution in [-0.4, -0.2) is 24.6 Å². The van der Waals surface area contributed by atoms with E-state index in [0.717, 1.165) is 18.4 Å². The SMILES string of the molecule is CCCN(c1cc(C(C)NC)ccn1)C1CC1. The maximum absolute atomic E-state index is 4.53. The van der Waals surface area contributed by atoms with Gasteiger partial charge in [-0.1, -0.05) is 6.92 Å². The first-order valence-electron chi connectivity index (χ1n) is 6.66. The summed E-state index contributed by atoms with van der Waals surface area (Å²) in [5.41, 5.74) is 1.32. The van der Waals surface area contributed by atoms with E-state index < -0.39 is 0 Å². The molecule has 0 spiro atoms. The predicted octanol–water partition coefficient (Wildman–Crippen LogP) is 2.74. The predicted molar refractivity (Wildman–Crippen MR) is 72.4 cm³/mol. The van der Waals surface area contributed by atoms with Gasteiger partial charge in [0.15, 0.2) is 0 Å². The van der Waals surface area contributed by atoms with Gasteiger partial charge in [-0.25, -0.2) is 4.98 Å². The van der Waals surface area contributed by atoms with Crippen molar-refractivity contribution in [3.8, 4) is 0 Å². The average molecular weight is 233 g/mol. The Balaban J connectivity index is 2.18. The quantitative estimate of drug-likeness (QED) is 0.819. The summed E-state index contributed by atoms with van der Waals surface area (Å²) in [6.07, 6.45) is 5.77. The Morgan fingerprint density at radius 1 is 1.53 bits per heavy atom. The molecule has 3 heteroatoms. The summed E-state index contributed by atoms with van der Waals surface area (Å²) in [4.78, 5) is 7.00. The van der Waals surface area contributed by atoms with Gasteiger partial charge in [0.1, 0.15) is 5.82 Å². The van der Waals surface area contributed by atoms with Crippen molar-refractivity contribution >= 4 is 5.82 Å². The molecule has 0 aromatic carbocycles. The Kier molecular flexibility index (Phi) is 4.00. The lowest BCUT2D eigenvalue weighted by Gasteiger charge is -2.24. The second-order valence-corrected chi connectivity index (χ2v) is 4.88. The summed E-state index contributed by atoms with van der Waals surface area (Å²) in [6.45, 7) is 5.53. The van der Waals surface area contributed by atoms with E-state index in [4.69, 9.17) is 0 Å². The summed E-state index contributed by atoms with van der Waals surface area (Å²) in [5.74, 6) is 1.15. The van der Waals surface area contributed by atoms with Crippen LogP contribution in [0.4, 0.5) is 5.82 Å². The normalized spacial score (nSPS) is 16.9. The largest absolute Gasteiger partial charge is 0.354 e. The van der Waals surface area contributed by atoms with E-state index in [1.165, 1.54) is 24.8 Å². The van der Waals surface area contributed by atoms with E-state index in [0.29, 0.717) is 6.04 Å².